The van der Waals surface area contributed by atoms with Crippen LogP contribution in [0.2, 0.25) is 0 Å². The van der Waals surface area contributed by atoms with Crippen LogP contribution in [-0.2, 0) is 6.54 Å². The fourth-order valence-electron chi connectivity index (χ4n) is 2.30. The van der Waals surface area contributed by atoms with Gasteiger partial charge < -0.3 is 4.52 Å². The lowest BCUT2D eigenvalue weighted by molar-refractivity contribution is 0.356. The number of rotatable bonds is 4. The number of halogens is 1. The van der Waals surface area contributed by atoms with Crippen LogP contribution in [0.1, 0.15) is 11.5 Å². The molecular formula is C17H13FN6O. The van der Waals surface area contributed by atoms with Crippen LogP contribution < -0.4 is 0 Å². The van der Waals surface area contributed by atoms with Crippen molar-refractivity contribution in [3.8, 4) is 22.8 Å². The maximum atomic E-state index is 13.7. The van der Waals surface area contributed by atoms with Crippen molar-refractivity contribution in [3.05, 3.63) is 65.8 Å². The van der Waals surface area contributed by atoms with Gasteiger partial charge in [-0.05, 0) is 23.8 Å². The molecule has 8 heteroatoms. The van der Waals surface area contributed by atoms with Gasteiger partial charge in [0.15, 0.2) is 0 Å². The van der Waals surface area contributed by atoms with Gasteiger partial charge in [-0.3, -0.25) is 0 Å². The first-order valence-electron chi connectivity index (χ1n) is 7.61. The maximum absolute atomic E-state index is 13.7. The van der Waals surface area contributed by atoms with Crippen LogP contribution in [0.4, 0.5) is 4.39 Å². The Balaban J connectivity index is 1.53. The zero-order valence-corrected chi connectivity index (χ0v) is 13.3. The van der Waals surface area contributed by atoms with Gasteiger partial charge in [0.2, 0.25) is 11.6 Å². The Kier molecular flexibility index (Phi) is 3.77. The van der Waals surface area contributed by atoms with Crippen molar-refractivity contribution in [3.63, 3.8) is 0 Å². The maximum Gasteiger partial charge on any atom is 0.250 e. The molecular weight excluding hydrogens is 323 g/mol. The number of aryl methyl sites for hydroxylation is 1. The average Bonchev–Trinajstić information content (AvgIpc) is 3.28. The van der Waals surface area contributed by atoms with Gasteiger partial charge in [-0.15, -0.1) is 10.2 Å². The molecule has 2 aromatic carbocycles. The minimum absolute atomic E-state index is 0.182. The summed E-state index contributed by atoms with van der Waals surface area (Å²) in [5.41, 5.74) is 1.98. The molecule has 0 N–H and O–H groups in total. The van der Waals surface area contributed by atoms with Crippen LogP contribution in [-0.4, -0.2) is 30.3 Å². The second-order valence-corrected chi connectivity index (χ2v) is 5.49. The second kappa shape index (κ2) is 6.23. The molecule has 0 saturated heterocycles. The number of hydrogen-bond acceptors (Lipinski definition) is 6. The molecule has 4 rings (SSSR count). The zero-order valence-electron chi connectivity index (χ0n) is 13.3. The summed E-state index contributed by atoms with van der Waals surface area (Å²) in [7, 11) is 0. The highest BCUT2D eigenvalue weighted by Crippen LogP contribution is 2.19. The monoisotopic (exact) mass is 336 g/mol. The van der Waals surface area contributed by atoms with E-state index in [-0.39, 0.29) is 12.4 Å². The lowest BCUT2D eigenvalue weighted by Crippen LogP contribution is -2.04. The molecule has 0 radical (unpaired) electrons. The van der Waals surface area contributed by atoms with Gasteiger partial charge in [0.1, 0.15) is 12.4 Å². The number of nitrogens with zero attached hydrogens (tertiary/aromatic N) is 6. The zero-order chi connectivity index (χ0) is 17.2. The largest absolute Gasteiger partial charge is 0.337 e. The van der Waals surface area contributed by atoms with Gasteiger partial charge in [0.05, 0.1) is 0 Å². The van der Waals surface area contributed by atoms with Gasteiger partial charge in [0, 0.05) is 11.1 Å². The highest BCUT2D eigenvalue weighted by molar-refractivity contribution is 5.55. The lowest BCUT2D eigenvalue weighted by atomic mass is 10.1. The second-order valence-electron chi connectivity index (χ2n) is 5.49. The summed E-state index contributed by atoms with van der Waals surface area (Å²) in [6.45, 7) is 1.88. The van der Waals surface area contributed by atoms with Crippen molar-refractivity contribution in [1.82, 2.24) is 30.3 Å². The van der Waals surface area contributed by atoms with Crippen LogP contribution >= 0.6 is 0 Å². The number of aromatic nitrogens is 6. The number of benzene rings is 2. The third-order valence-electron chi connectivity index (χ3n) is 3.66. The Hall–Kier alpha value is -3.42. The summed E-state index contributed by atoms with van der Waals surface area (Å²) < 4.78 is 18.9. The van der Waals surface area contributed by atoms with E-state index >= 15 is 0 Å². The highest BCUT2D eigenvalue weighted by atomic mass is 19.1. The van der Waals surface area contributed by atoms with E-state index < -0.39 is 0 Å². The van der Waals surface area contributed by atoms with Gasteiger partial charge in [-0.1, -0.05) is 47.6 Å². The molecule has 0 amide bonds. The van der Waals surface area contributed by atoms with Crippen molar-refractivity contribution in [2.75, 3.05) is 0 Å². The Morgan fingerprint density at radius 3 is 2.68 bits per heavy atom. The molecule has 7 nitrogen and oxygen atoms in total. The van der Waals surface area contributed by atoms with Crippen molar-refractivity contribution in [2.45, 2.75) is 13.5 Å². The van der Waals surface area contributed by atoms with Crippen molar-refractivity contribution in [2.24, 2.45) is 0 Å². The summed E-state index contributed by atoms with van der Waals surface area (Å²) in [4.78, 5) is 5.63. The van der Waals surface area contributed by atoms with E-state index in [4.69, 9.17) is 4.52 Å². The van der Waals surface area contributed by atoms with Crippen LogP contribution in [0.15, 0.2) is 53.1 Å². The van der Waals surface area contributed by atoms with Crippen LogP contribution in [0.5, 0.6) is 0 Å². The normalized spacial score (nSPS) is 11.0. The molecule has 0 fully saturated rings. The molecule has 0 aliphatic carbocycles. The quantitative estimate of drug-likeness (QED) is 0.570. The minimum Gasteiger partial charge on any atom is -0.337 e. The molecule has 4 aromatic rings. The molecule has 0 aliphatic heterocycles. The third-order valence-corrected chi connectivity index (χ3v) is 3.66. The van der Waals surface area contributed by atoms with Gasteiger partial charge in [-0.25, -0.2) is 4.39 Å². The SMILES string of the molecule is Cc1ccc(-c2noc(Cn3nnc(-c4ccccc4)n3)n2)cc1F. The van der Waals surface area contributed by atoms with E-state index in [1.807, 2.05) is 30.3 Å². The molecule has 2 aromatic heterocycles. The van der Waals surface area contributed by atoms with Crippen molar-refractivity contribution < 1.29 is 8.91 Å². The molecule has 0 atom stereocenters. The smallest absolute Gasteiger partial charge is 0.250 e. The molecule has 0 bridgehead atoms. The molecule has 0 saturated carbocycles. The standard InChI is InChI=1S/C17H13FN6O/c1-11-7-8-13(9-14(11)18)16-19-15(25-22-16)10-24-21-17(20-23-24)12-5-3-2-4-6-12/h2-9H,10H2,1H3. The van der Waals surface area contributed by atoms with Gasteiger partial charge in [-0.2, -0.15) is 9.78 Å². The Labute approximate surface area is 142 Å². The van der Waals surface area contributed by atoms with Crippen LogP contribution in [0.25, 0.3) is 22.8 Å². The fraction of sp³-hybridized carbons (Fsp3) is 0.118. The third kappa shape index (κ3) is 3.14. The van der Waals surface area contributed by atoms with Gasteiger partial charge in [0.25, 0.3) is 5.89 Å². The van der Waals surface area contributed by atoms with E-state index in [1.54, 1.807) is 19.1 Å². The first-order valence-corrected chi connectivity index (χ1v) is 7.61. The number of hydrogen-bond donors (Lipinski definition) is 0. The summed E-state index contributed by atoms with van der Waals surface area (Å²) in [5, 5.41) is 16.2. The van der Waals surface area contributed by atoms with E-state index in [9.17, 15) is 4.39 Å². The predicted molar refractivity (Wildman–Crippen MR) is 86.8 cm³/mol. The lowest BCUT2D eigenvalue weighted by Gasteiger charge is -1.97. The summed E-state index contributed by atoms with van der Waals surface area (Å²) in [6.07, 6.45) is 0. The fourth-order valence-corrected chi connectivity index (χ4v) is 2.30. The minimum atomic E-state index is -0.311. The molecule has 0 aliphatic rings. The summed E-state index contributed by atoms with van der Waals surface area (Å²) >= 11 is 0. The Morgan fingerprint density at radius 1 is 1.04 bits per heavy atom. The van der Waals surface area contributed by atoms with E-state index in [0.29, 0.717) is 28.7 Å². The first-order chi connectivity index (χ1) is 12.2. The molecule has 25 heavy (non-hydrogen) atoms. The predicted octanol–water partition coefficient (Wildman–Crippen LogP) is 2.89. The van der Waals surface area contributed by atoms with E-state index in [1.165, 1.54) is 10.9 Å². The molecule has 2 heterocycles. The highest BCUT2D eigenvalue weighted by Gasteiger charge is 2.13. The van der Waals surface area contributed by atoms with Crippen LogP contribution in [0.3, 0.4) is 0 Å². The van der Waals surface area contributed by atoms with Crippen LogP contribution in [0, 0.1) is 12.7 Å². The summed E-state index contributed by atoms with van der Waals surface area (Å²) in [5.74, 6) is 0.834. The average molecular weight is 336 g/mol. The van der Waals surface area contributed by atoms with E-state index in [2.05, 4.69) is 25.6 Å². The molecule has 0 spiro atoms. The summed E-state index contributed by atoms with van der Waals surface area (Å²) in [6, 6.07) is 14.3. The first kappa shape index (κ1) is 15.1. The number of tetrazole rings is 1. The van der Waals surface area contributed by atoms with Crippen molar-refractivity contribution in [1.29, 1.82) is 0 Å². The van der Waals surface area contributed by atoms with Gasteiger partial charge >= 0.3 is 0 Å². The van der Waals surface area contributed by atoms with Crippen molar-refractivity contribution >= 4 is 0 Å². The Morgan fingerprint density at radius 2 is 1.88 bits per heavy atom. The topological polar surface area (TPSA) is 82.5 Å². The molecule has 124 valence electrons. The molecule has 0 unspecified atom stereocenters. The Bertz CT molecular complexity index is 1010. The van der Waals surface area contributed by atoms with E-state index in [0.717, 1.165) is 5.56 Å².